The summed E-state index contributed by atoms with van der Waals surface area (Å²) in [6.45, 7) is 5.78. The molecule has 1 unspecified atom stereocenters. The van der Waals surface area contributed by atoms with Crippen molar-refractivity contribution in [2.75, 3.05) is 0 Å². The Bertz CT molecular complexity index is 838. The minimum atomic E-state index is -0.631. The first-order valence-electron chi connectivity index (χ1n) is 8.95. The zero-order valence-electron chi connectivity index (χ0n) is 16.0. The predicted molar refractivity (Wildman–Crippen MR) is 115 cm³/mol. The summed E-state index contributed by atoms with van der Waals surface area (Å²) < 4.78 is 0. The molecule has 0 aliphatic heterocycles. The van der Waals surface area contributed by atoms with Crippen molar-refractivity contribution in [1.29, 1.82) is 0 Å². The Morgan fingerprint density at radius 2 is 1.54 bits per heavy atom. The van der Waals surface area contributed by atoms with E-state index in [-0.39, 0.29) is 24.3 Å². The van der Waals surface area contributed by atoms with Gasteiger partial charge in [-0.1, -0.05) is 53.0 Å². The number of carbonyl (C=O) groups is 2. The van der Waals surface area contributed by atoms with Crippen LogP contribution in [-0.2, 0) is 22.6 Å². The monoisotopic (exact) mass is 440 g/mol. The van der Waals surface area contributed by atoms with E-state index in [2.05, 4.69) is 5.32 Å². The molecule has 7 heteroatoms. The number of hydrogen-bond acceptors (Lipinski definition) is 2. The van der Waals surface area contributed by atoms with Crippen LogP contribution in [0.4, 0.5) is 0 Å². The Morgan fingerprint density at radius 3 is 2.11 bits per heavy atom. The fraction of sp³-hybridized carbons (Fsp3) is 0.333. The maximum atomic E-state index is 13.1. The molecule has 2 rings (SSSR count). The van der Waals surface area contributed by atoms with Gasteiger partial charge in [0.1, 0.15) is 6.04 Å². The Morgan fingerprint density at radius 1 is 0.929 bits per heavy atom. The lowest BCUT2D eigenvalue weighted by Crippen LogP contribution is -2.49. The molecule has 150 valence electrons. The highest BCUT2D eigenvalue weighted by Crippen LogP contribution is 2.23. The Kier molecular flexibility index (Phi) is 8.17. The van der Waals surface area contributed by atoms with E-state index in [1.807, 2.05) is 26.0 Å². The van der Waals surface area contributed by atoms with Gasteiger partial charge in [0.15, 0.2) is 0 Å². The van der Waals surface area contributed by atoms with Crippen LogP contribution in [0, 0.1) is 0 Å². The molecule has 0 aliphatic carbocycles. The van der Waals surface area contributed by atoms with E-state index < -0.39 is 6.04 Å². The summed E-state index contributed by atoms with van der Waals surface area (Å²) in [5.74, 6) is -0.383. The topological polar surface area (TPSA) is 49.4 Å². The van der Waals surface area contributed by atoms with Gasteiger partial charge in [-0.25, -0.2) is 0 Å². The highest BCUT2D eigenvalue weighted by Gasteiger charge is 2.26. The summed E-state index contributed by atoms with van der Waals surface area (Å²) >= 11 is 18.0. The molecule has 0 heterocycles. The van der Waals surface area contributed by atoms with Crippen LogP contribution in [0.3, 0.4) is 0 Å². The van der Waals surface area contributed by atoms with Crippen LogP contribution in [0.2, 0.25) is 15.1 Å². The van der Waals surface area contributed by atoms with E-state index in [1.165, 1.54) is 0 Å². The van der Waals surface area contributed by atoms with E-state index in [1.54, 1.807) is 42.2 Å². The molecular formula is C21H23Cl3N2O2. The van der Waals surface area contributed by atoms with Gasteiger partial charge in [0.05, 0.1) is 16.5 Å². The zero-order chi connectivity index (χ0) is 20.8. The van der Waals surface area contributed by atoms with Crippen molar-refractivity contribution in [1.82, 2.24) is 10.2 Å². The summed E-state index contributed by atoms with van der Waals surface area (Å²) in [5.41, 5.74) is 1.62. The molecule has 0 aromatic heterocycles. The van der Waals surface area contributed by atoms with Crippen molar-refractivity contribution in [3.63, 3.8) is 0 Å². The third-order valence-corrected chi connectivity index (χ3v) is 5.19. The average molecular weight is 442 g/mol. The minimum Gasteiger partial charge on any atom is -0.352 e. The van der Waals surface area contributed by atoms with Crippen LogP contribution in [0.5, 0.6) is 0 Å². The largest absolute Gasteiger partial charge is 0.352 e. The second-order valence-corrected chi connectivity index (χ2v) is 8.16. The van der Waals surface area contributed by atoms with Gasteiger partial charge in [-0.15, -0.1) is 0 Å². The third-order valence-electron chi connectivity index (χ3n) is 4.20. The predicted octanol–water partition coefficient (Wildman–Crippen LogP) is 5.13. The van der Waals surface area contributed by atoms with Crippen LogP contribution < -0.4 is 5.32 Å². The number of benzene rings is 2. The molecule has 1 N–H and O–H groups in total. The summed E-state index contributed by atoms with van der Waals surface area (Å²) in [5, 5.41) is 4.30. The number of hydrogen-bond donors (Lipinski definition) is 1. The maximum Gasteiger partial charge on any atom is 0.242 e. The molecule has 2 aromatic carbocycles. The second kappa shape index (κ2) is 10.1. The molecule has 28 heavy (non-hydrogen) atoms. The summed E-state index contributed by atoms with van der Waals surface area (Å²) in [4.78, 5) is 27.1. The normalized spacial score (nSPS) is 12.0. The van der Waals surface area contributed by atoms with Gasteiger partial charge in [0.25, 0.3) is 0 Å². The molecular weight excluding hydrogens is 419 g/mol. The van der Waals surface area contributed by atoms with Gasteiger partial charge < -0.3 is 10.2 Å². The second-order valence-electron chi connectivity index (χ2n) is 6.91. The van der Waals surface area contributed by atoms with Crippen molar-refractivity contribution in [2.45, 2.75) is 45.8 Å². The molecule has 0 bridgehead atoms. The Labute approximate surface area is 180 Å². The molecule has 0 radical (unpaired) electrons. The number of carbonyl (C=O) groups excluding carboxylic acids is 2. The van der Waals surface area contributed by atoms with Crippen molar-refractivity contribution in [2.24, 2.45) is 0 Å². The smallest absolute Gasteiger partial charge is 0.242 e. The highest BCUT2D eigenvalue weighted by atomic mass is 35.5. The van der Waals surface area contributed by atoms with Crippen molar-refractivity contribution >= 4 is 46.6 Å². The van der Waals surface area contributed by atoms with E-state index in [0.717, 1.165) is 11.1 Å². The highest BCUT2D eigenvalue weighted by molar-refractivity contribution is 6.42. The molecule has 0 saturated carbocycles. The number of nitrogens with zero attached hydrogens (tertiary/aromatic N) is 1. The lowest BCUT2D eigenvalue weighted by atomic mass is 10.1. The molecule has 0 spiro atoms. The van der Waals surface area contributed by atoms with E-state index in [9.17, 15) is 9.59 Å². The standard InChI is InChI=1S/C21H23Cl3N2O2/c1-13(2)25-21(28)14(3)26(12-15-4-7-17(22)8-5-15)20(27)11-16-6-9-18(23)19(24)10-16/h4-10,13-14H,11-12H2,1-3H3,(H,25,28). The molecule has 4 nitrogen and oxygen atoms in total. The fourth-order valence-electron chi connectivity index (χ4n) is 2.70. The first kappa shape index (κ1) is 22.5. The maximum absolute atomic E-state index is 13.1. The summed E-state index contributed by atoms with van der Waals surface area (Å²) in [7, 11) is 0. The number of amides is 2. The van der Waals surface area contributed by atoms with Crippen LogP contribution in [-0.4, -0.2) is 28.8 Å². The van der Waals surface area contributed by atoms with Gasteiger partial charge in [0, 0.05) is 17.6 Å². The van der Waals surface area contributed by atoms with Crippen LogP contribution in [0.15, 0.2) is 42.5 Å². The average Bonchev–Trinajstić information content (AvgIpc) is 2.63. The minimum absolute atomic E-state index is 0.0162. The third kappa shape index (κ3) is 6.40. The Balaban J connectivity index is 2.24. The van der Waals surface area contributed by atoms with Gasteiger partial charge in [-0.2, -0.15) is 0 Å². The lowest BCUT2D eigenvalue weighted by Gasteiger charge is -2.29. The fourth-order valence-corrected chi connectivity index (χ4v) is 3.15. The zero-order valence-corrected chi connectivity index (χ0v) is 18.3. The lowest BCUT2D eigenvalue weighted by molar-refractivity contribution is -0.140. The van der Waals surface area contributed by atoms with Gasteiger partial charge in [-0.05, 0) is 56.2 Å². The quantitative estimate of drug-likeness (QED) is 0.647. The molecule has 1 atom stereocenters. The first-order chi connectivity index (χ1) is 13.2. The molecule has 0 fully saturated rings. The molecule has 2 amide bonds. The van der Waals surface area contributed by atoms with E-state index in [0.29, 0.717) is 21.6 Å². The van der Waals surface area contributed by atoms with E-state index >= 15 is 0 Å². The van der Waals surface area contributed by atoms with Gasteiger partial charge in [0.2, 0.25) is 11.8 Å². The summed E-state index contributed by atoms with van der Waals surface area (Å²) in [6, 6.07) is 11.6. The van der Waals surface area contributed by atoms with Crippen molar-refractivity contribution < 1.29 is 9.59 Å². The van der Waals surface area contributed by atoms with Crippen LogP contribution >= 0.6 is 34.8 Å². The first-order valence-corrected chi connectivity index (χ1v) is 10.1. The van der Waals surface area contributed by atoms with Crippen LogP contribution in [0.1, 0.15) is 31.9 Å². The number of nitrogens with one attached hydrogen (secondary N) is 1. The SMILES string of the molecule is CC(C)NC(=O)C(C)N(Cc1ccc(Cl)cc1)C(=O)Cc1ccc(Cl)c(Cl)c1. The molecule has 0 saturated heterocycles. The van der Waals surface area contributed by atoms with E-state index in [4.69, 9.17) is 34.8 Å². The van der Waals surface area contributed by atoms with Crippen LogP contribution in [0.25, 0.3) is 0 Å². The van der Waals surface area contributed by atoms with Gasteiger partial charge >= 0.3 is 0 Å². The van der Waals surface area contributed by atoms with Crippen molar-refractivity contribution in [3.05, 3.63) is 68.7 Å². The molecule has 0 aliphatic rings. The number of rotatable bonds is 7. The Hall–Kier alpha value is -1.75. The van der Waals surface area contributed by atoms with Gasteiger partial charge in [-0.3, -0.25) is 9.59 Å². The van der Waals surface area contributed by atoms with Crippen molar-refractivity contribution in [3.8, 4) is 0 Å². The molecule has 2 aromatic rings. The number of halogens is 3. The summed E-state index contributed by atoms with van der Waals surface area (Å²) in [6.07, 6.45) is 0.115.